The summed E-state index contributed by atoms with van der Waals surface area (Å²) in [7, 11) is 0. The largest absolute Gasteiger partial charge is 0.480 e. The number of nitrogens with zero attached hydrogens (tertiary/aromatic N) is 1. The normalized spacial score (nSPS) is 18.0. The Morgan fingerprint density at radius 2 is 2.05 bits per heavy atom. The van der Waals surface area contributed by atoms with E-state index in [0.717, 1.165) is 24.8 Å². The van der Waals surface area contributed by atoms with E-state index in [9.17, 15) is 9.59 Å². The number of carboxylic acid groups (broad SMARTS) is 1. The molecule has 6 nitrogen and oxygen atoms in total. The lowest BCUT2D eigenvalue weighted by Crippen LogP contribution is -2.49. The van der Waals surface area contributed by atoms with Crippen LogP contribution in [0.2, 0.25) is 0 Å². The Hall–Kier alpha value is -2.08. The average Bonchev–Trinajstić information content (AvgIpc) is 2.54. The number of ether oxygens (including phenoxy) is 1. The minimum absolute atomic E-state index is 0.00336. The van der Waals surface area contributed by atoms with Gasteiger partial charge in [0.15, 0.2) is 0 Å². The Morgan fingerprint density at radius 1 is 1.27 bits per heavy atom. The summed E-state index contributed by atoms with van der Waals surface area (Å²) in [5.74, 6) is -0.894. The van der Waals surface area contributed by atoms with Crippen molar-refractivity contribution in [1.29, 1.82) is 0 Å². The lowest BCUT2D eigenvalue weighted by molar-refractivity contribution is -0.136. The summed E-state index contributed by atoms with van der Waals surface area (Å²) in [4.78, 5) is 24.5. The van der Waals surface area contributed by atoms with Gasteiger partial charge in [-0.1, -0.05) is 30.3 Å². The van der Waals surface area contributed by atoms with Crippen molar-refractivity contribution in [1.82, 2.24) is 10.2 Å². The summed E-state index contributed by atoms with van der Waals surface area (Å²) in [6, 6.07) is 9.55. The molecule has 1 saturated heterocycles. The first-order valence-electron chi connectivity index (χ1n) is 7.56. The number of carboxylic acids is 1. The number of hydrogen-bond donors (Lipinski definition) is 2. The zero-order valence-electron chi connectivity index (χ0n) is 12.5. The molecule has 22 heavy (non-hydrogen) atoms. The van der Waals surface area contributed by atoms with Crippen LogP contribution in [0, 0.1) is 0 Å². The highest BCUT2D eigenvalue weighted by atomic mass is 16.6. The van der Waals surface area contributed by atoms with Crippen LogP contribution in [0.4, 0.5) is 4.79 Å². The third kappa shape index (κ3) is 5.04. The van der Waals surface area contributed by atoms with Crippen LogP contribution in [-0.2, 0) is 16.1 Å². The van der Waals surface area contributed by atoms with Gasteiger partial charge in [0, 0.05) is 19.1 Å². The van der Waals surface area contributed by atoms with Gasteiger partial charge >= 0.3 is 12.1 Å². The Labute approximate surface area is 130 Å². The summed E-state index contributed by atoms with van der Waals surface area (Å²) < 4.78 is 5.37. The van der Waals surface area contributed by atoms with Gasteiger partial charge in [-0.15, -0.1) is 0 Å². The molecule has 2 rings (SSSR count). The minimum Gasteiger partial charge on any atom is -0.480 e. The second-order valence-corrected chi connectivity index (χ2v) is 5.41. The molecule has 2 N–H and O–H groups in total. The molecule has 1 fully saturated rings. The second-order valence-electron chi connectivity index (χ2n) is 5.41. The molecule has 1 aromatic rings. The summed E-state index contributed by atoms with van der Waals surface area (Å²) >= 11 is 0. The molecule has 1 aliphatic heterocycles. The second kappa shape index (κ2) is 8.38. The number of nitrogens with one attached hydrogen (secondary N) is 1. The predicted octanol–water partition coefficient (Wildman–Crippen LogP) is 1.85. The highest BCUT2D eigenvalue weighted by molar-refractivity contribution is 5.69. The summed E-state index contributed by atoms with van der Waals surface area (Å²) in [6.07, 6.45) is 2.54. The van der Waals surface area contributed by atoms with Gasteiger partial charge in [0.25, 0.3) is 0 Å². The smallest absolute Gasteiger partial charge is 0.410 e. The maximum atomic E-state index is 12.2. The quantitative estimate of drug-likeness (QED) is 0.838. The van der Waals surface area contributed by atoms with Crippen LogP contribution >= 0.6 is 0 Å². The molecule has 1 aromatic carbocycles. The van der Waals surface area contributed by atoms with E-state index < -0.39 is 5.97 Å². The lowest BCUT2D eigenvalue weighted by atomic mass is 10.0. The Balaban J connectivity index is 1.83. The van der Waals surface area contributed by atoms with Crippen molar-refractivity contribution < 1.29 is 19.4 Å². The first-order chi connectivity index (χ1) is 10.7. The van der Waals surface area contributed by atoms with Crippen molar-refractivity contribution >= 4 is 12.1 Å². The Morgan fingerprint density at radius 3 is 2.77 bits per heavy atom. The van der Waals surface area contributed by atoms with Crippen LogP contribution in [0.3, 0.4) is 0 Å². The summed E-state index contributed by atoms with van der Waals surface area (Å²) in [6.45, 7) is 1.30. The number of rotatable bonds is 6. The van der Waals surface area contributed by atoms with E-state index in [0.29, 0.717) is 13.1 Å². The molecule has 1 heterocycles. The SMILES string of the molecule is O=C(O)CNC[C@@H]1CCCCN1C(=O)OCc1ccccc1. The van der Waals surface area contributed by atoms with E-state index in [4.69, 9.17) is 9.84 Å². The number of piperidine rings is 1. The van der Waals surface area contributed by atoms with Crippen LogP contribution in [0.15, 0.2) is 30.3 Å². The van der Waals surface area contributed by atoms with Crippen molar-refractivity contribution in [2.24, 2.45) is 0 Å². The van der Waals surface area contributed by atoms with Gasteiger partial charge < -0.3 is 20.1 Å². The van der Waals surface area contributed by atoms with Crippen LogP contribution in [-0.4, -0.2) is 47.7 Å². The predicted molar refractivity (Wildman–Crippen MR) is 81.5 cm³/mol. The number of hydrogen-bond acceptors (Lipinski definition) is 4. The van der Waals surface area contributed by atoms with Gasteiger partial charge in [0.2, 0.25) is 0 Å². The molecule has 0 unspecified atom stereocenters. The highest BCUT2D eigenvalue weighted by Gasteiger charge is 2.27. The summed E-state index contributed by atoms with van der Waals surface area (Å²) in [5, 5.41) is 11.5. The van der Waals surface area contributed by atoms with Crippen molar-refractivity contribution in [3.8, 4) is 0 Å². The molecule has 1 aliphatic rings. The molecule has 0 radical (unpaired) electrons. The van der Waals surface area contributed by atoms with Crippen LogP contribution in [0.5, 0.6) is 0 Å². The maximum absolute atomic E-state index is 12.2. The molecule has 0 spiro atoms. The van der Waals surface area contributed by atoms with E-state index in [-0.39, 0.29) is 25.3 Å². The maximum Gasteiger partial charge on any atom is 0.410 e. The fourth-order valence-electron chi connectivity index (χ4n) is 2.60. The van der Waals surface area contributed by atoms with E-state index in [1.54, 1.807) is 4.90 Å². The van der Waals surface area contributed by atoms with Gasteiger partial charge in [-0.2, -0.15) is 0 Å². The van der Waals surface area contributed by atoms with Crippen LogP contribution < -0.4 is 5.32 Å². The molecule has 120 valence electrons. The molecular weight excluding hydrogens is 284 g/mol. The monoisotopic (exact) mass is 306 g/mol. The van der Waals surface area contributed by atoms with Gasteiger partial charge in [-0.05, 0) is 24.8 Å². The topological polar surface area (TPSA) is 78.9 Å². The van der Waals surface area contributed by atoms with Crippen molar-refractivity contribution in [2.45, 2.75) is 31.9 Å². The Bertz CT molecular complexity index is 492. The average molecular weight is 306 g/mol. The number of carbonyl (C=O) groups excluding carboxylic acids is 1. The van der Waals surface area contributed by atoms with E-state index in [1.807, 2.05) is 30.3 Å². The van der Waals surface area contributed by atoms with E-state index >= 15 is 0 Å². The number of likely N-dealkylation sites (tertiary alicyclic amines) is 1. The number of aliphatic carboxylic acids is 1. The molecule has 1 atom stereocenters. The molecule has 1 amide bonds. The fourth-order valence-corrected chi connectivity index (χ4v) is 2.60. The van der Waals surface area contributed by atoms with Crippen molar-refractivity contribution in [3.05, 3.63) is 35.9 Å². The van der Waals surface area contributed by atoms with Crippen molar-refractivity contribution in [3.63, 3.8) is 0 Å². The number of carbonyl (C=O) groups is 2. The molecule has 6 heteroatoms. The first kappa shape index (κ1) is 16.3. The number of amides is 1. The Kier molecular flexibility index (Phi) is 6.21. The third-order valence-corrected chi connectivity index (χ3v) is 3.72. The molecule has 0 aliphatic carbocycles. The lowest BCUT2D eigenvalue weighted by Gasteiger charge is -2.35. The third-order valence-electron chi connectivity index (χ3n) is 3.72. The van der Waals surface area contributed by atoms with E-state index in [2.05, 4.69) is 5.32 Å². The zero-order valence-corrected chi connectivity index (χ0v) is 12.5. The van der Waals surface area contributed by atoms with Gasteiger partial charge in [-0.3, -0.25) is 4.79 Å². The van der Waals surface area contributed by atoms with Crippen LogP contribution in [0.25, 0.3) is 0 Å². The van der Waals surface area contributed by atoms with Crippen LogP contribution in [0.1, 0.15) is 24.8 Å². The highest BCUT2D eigenvalue weighted by Crippen LogP contribution is 2.18. The van der Waals surface area contributed by atoms with Crippen molar-refractivity contribution in [2.75, 3.05) is 19.6 Å². The van der Waals surface area contributed by atoms with Gasteiger partial charge in [-0.25, -0.2) is 4.79 Å². The molecule has 0 saturated carbocycles. The molecule has 0 bridgehead atoms. The summed E-state index contributed by atoms with van der Waals surface area (Å²) in [5.41, 5.74) is 0.952. The van der Waals surface area contributed by atoms with Gasteiger partial charge in [0.05, 0.1) is 6.54 Å². The zero-order chi connectivity index (χ0) is 15.8. The first-order valence-corrected chi connectivity index (χ1v) is 7.56. The fraction of sp³-hybridized carbons (Fsp3) is 0.500. The van der Waals surface area contributed by atoms with Gasteiger partial charge in [0.1, 0.15) is 6.61 Å². The minimum atomic E-state index is -0.894. The standard InChI is InChI=1S/C16H22N2O4/c19-15(20)11-17-10-14-8-4-5-9-18(14)16(21)22-12-13-6-2-1-3-7-13/h1-3,6-7,14,17H,4-5,8-12H2,(H,19,20)/t14-/m0/s1. The molecular formula is C16H22N2O4. The number of benzene rings is 1. The van der Waals surface area contributed by atoms with E-state index in [1.165, 1.54) is 0 Å². The molecule has 0 aromatic heterocycles.